The molecule has 3 aromatic rings. The van der Waals surface area contributed by atoms with Gasteiger partial charge in [-0.1, -0.05) is 35.9 Å². The number of primary amides is 1. The number of nitrogens with two attached hydrogens (primary N) is 1. The Bertz CT molecular complexity index is 1090. The second kappa shape index (κ2) is 9.37. The molecule has 0 aliphatic heterocycles. The number of amides is 2. The highest BCUT2D eigenvalue weighted by molar-refractivity contribution is 6.34. The van der Waals surface area contributed by atoms with Crippen molar-refractivity contribution in [2.75, 3.05) is 7.11 Å². The van der Waals surface area contributed by atoms with Crippen molar-refractivity contribution in [1.82, 2.24) is 10.3 Å². The van der Waals surface area contributed by atoms with Crippen LogP contribution in [0.15, 0.2) is 54.7 Å². The number of aromatic nitrogens is 1. The van der Waals surface area contributed by atoms with Gasteiger partial charge in [-0.05, 0) is 41.0 Å². The van der Waals surface area contributed by atoms with Crippen LogP contribution in [0.25, 0.3) is 11.1 Å². The van der Waals surface area contributed by atoms with Gasteiger partial charge in [-0.25, -0.2) is 4.39 Å². The number of pyridine rings is 1. The van der Waals surface area contributed by atoms with E-state index >= 15 is 4.39 Å². The summed E-state index contributed by atoms with van der Waals surface area (Å²) < 4.78 is 20.7. The number of halogens is 2. The van der Waals surface area contributed by atoms with Crippen LogP contribution in [-0.4, -0.2) is 23.9 Å². The molecule has 2 amide bonds. The van der Waals surface area contributed by atoms with Crippen LogP contribution in [-0.2, 0) is 22.6 Å². The first-order valence-corrected chi connectivity index (χ1v) is 9.39. The predicted octanol–water partition coefficient (Wildman–Crippen LogP) is 3.24. The summed E-state index contributed by atoms with van der Waals surface area (Å²) in [6.45, 7) is 0.0673. The topological polar surface area (TPSA) is 94.3 Å². The molecule has 8 heteroatoms. The van der Waals surface area contributed by atoms with Gasteiger partial charge in [-0.15, -0.1) is 0 Å². The van der Waals surface area contributed by atoms with E-state index in [0.717, 1.165) is 5.56 Å². The van der Waals surface area contributed by atoms with E-state index in [2.05, 4.69) is 10.3 Å². The summed E-state index contributed by atoms with van der Waals surface area (Å²) in [7, 11) is 1.49. The van der Waals surface area contributed by atoms with E-state index in [-0.39, 0.29) is 6.54 Å². The molecule has 0 saturated carbocycles. The number of nitrogens with zero attached hydrogens (tertiary/aromatic N) is 1. The third-order valence-corrected chi connectivity index (χ3v) is 4.69. The van der Waals surface area contributed by atoms with Crippen LogP contribution in [0, 0.1) is 5.82 Å². The Morgan fingerprint density at radius 1 is 1.20 bits per heavy atom. The van der Waals surface area contributed by atoms with Crippen LogP contribution in [0.2, 0.25) is 5.02 Å². The molecule has 6 nitrogen and oxygen atoms in total. The Balaban J connectivity index is 1.82. The molecule has 0 spiro atoms. The number of carbonyl (C=O) groups is 2. The van der Waals surface area contributed by atoms with Gasteiger partial charge in [0.2, 0.25) is 0 Å². The zero-order chi connectivity index (χ0) is 21.7. The number of nitrogens with one attached hydrogen (secondary N) is 1. The van der Waals surface area contributed by atoms with Gasteiger partial charge in [-0.2, -0.15) is 0 Å². The Morgan fingerprint density at radius 3 is 2.63 bits per heavy atom. The molecular weight excluding hydrogens is 409 g/mol. The number of hydrogen-bond donors (Lipinski definition) is 2. The second-order valence-electron chi connectivity index (χ2n) is 6.51. The van der Waals surface area contributed by atoms with Gasteiger partial charge in [0.1, 0.15) is 11.6 Å². The summed E-state index contributed by atoms with van der Waals surface area (Å²) in [6, 6.07) is 13.8. The molecule has 0 aliphatic rings. The molecule has 154 valence electrons. The maximum absolute atomic E-state index is 15.4. The molecule has 0 unspecified atom stereocenters. The summed E-state index contributed by atoms with van der Waals surface area (Å²) >= 11 is 6.07. The summed E-state index contributed by atoms with van der Waals surface area (Å²) in [5, 5.41) is 2.86. The lowest BCUT2D eigenvalue weighted by molar-refractivity contribution is -0.137. The van der Waals surface area contributed by atoms with Crippen molar-refractivity contribution >= 4 is 23.4 Å². The minimum Gasteiger partial charge on any atom is -0.496 e. The van der Waals surface area contributed by atoms with Crippen LogP contribution in [0.3, 0.4) is 0 Å². The Morgan fingerprint density at radius 2 is 2.00 bits per heavy atom. The minimum absolute atomic E-state index is 0.0673. The van der Waals surface area contributed by atoms with Crippen molar-refractivity contribution in [3.8, 4) is 16.9 Å². The zero-order valence-electron chi connectivity index (χ0n) is 16.1. The van der Waals surface area contributed by atoms with Gasteiger partial charge in [0.25, 0.3) is 0 Å². The molecule has 2 aromatic carbocycles. The summed E-state index contributed by atoms with van der Waals surface area (Å²) in [6.07, 6.45) is 1.90. The summed E-state index contributed by atoms with van der Waals surface area (Å²) in [5.74, 6) is -1.92. The first-order chi connectivity index (χ1) is 14.4. The molecule has 30 heavy (non-hydrogen) atoms. The molecule has 3 rings (SSSR count). The highest BCUT2D eigenvalue weighted by Crippen LogP contribution is 2.36. The van der Waals surface area contributed by atoms with Crippen molar-refractivity contribution in [3.63, 3.8) is 0 Å². The molecule has 0 saturated heterocycles. The lowest BCUT2D eigenvalue weighted by atomic mass is 9.97. The van der Waals surface area contributed by atoms with E-state index in [9.17, 15) is 9.59 Å². The molecule has 1 aromatic heterocycles. The fourth-order valence-electron chi connectivity index (χ4n) is 2.96. The maximum Gasteiger partial charge on any atom is 0.309 e. The Kier molecular flexibility index (Phi) is 6.64. The number of methoxy groups -OCH3 is 1. The third-order valence-electron chi connectivity index (χ3n) is 4.45. The SMILES string of the molecule is COc1ccc(Cc2ccc(CNC(=O)C(N)=O)nc2)c(F)c1-c1cccc(Cl)c1. The van der Waals surface area contributed by atoms with Crippen molar-refractivity contribution in [2.24, 2.45) is 5.73 Å². The molecule has 3 N–H and O–H groups in total. The van der Waals surface area contributed by atoms with Crippen LogP contribution in [0.5, 0.6) is 5.75 Å². The number of benzene rings is 2. The van der Waals surface area contributed by atoms with Gasteiger partial charge in [0.15, 0.2) is 0 Å². The molecule has 0 aliphatic carbocycles. The lowest BCUT2D eigenvalue weighted by Gasteiger charge is -2.14. The molecular formula is C22H19ClFN3O3. The largest absolute Gasteiger partial charge is 0.496 e. The average Bonchev–Trinajstić information content (AvgIpc) is 2.74. The maximum atomic E-state index is 15.4. The minimum atomic E-state index is -1.06. The summed E-state index contributed by atoms with van der Waals surface area (Å²) in [4.78, 5) is 26.2. The highest BCUT2D eigenvalue weighted by Gasteiger charge is 2.17. The number of rotatable bonds is 6. The summed E-state index contributed by atoms with van der Waals surface area (Å²) in [5.41, 5.74) is 7.65. The highest BCUT2D eigenvalue weighted by atomic mass is 35.5. The van der Waals surface area contributed by atoms with Gasteiger partial charge in [0.05, 0.1) is 24.9 Å². The monoisotopic (exact) mass is 427 g/mol. The van der Waals surface area contributed by atoms with Crippen molar-refractivity contribution in [2.45, 2.75) is 13.0 Å². The lowest BCUT2D eigenvalue weighted by Crippen LogP contribution is -2.35. The van der Waals surface area contributed by atoms with Crippen molar-refractivity contribution < 1.29 is 18.7 Å². The van der Waals surface area contributed by atoms with E-state index < -0.39 is 17.6 Å². The smallest absolute Gasteiger partial charge is 0.309 e. The van der Waals surface area contributed by atoms with Crippen molar-refractivity contribution in [3.05, 3.63) is 82.4 Å². The average molecular weight is 428 g/mol. The quantitative estimate of drug-likeness (QED) is 0.590. The number of carbonyl (C=O) groups excluding carboxylic acids is 2. The Labute approximate surface area is 177 Å². The molecule has 0 fully saturated rings. The van der Waals surface area contributed by atoms with Gasteiger partial charge in [-0.3, -0.25) is 14.6 Å². The van der Waals surface area contributed by atoms with Crippen LogP contribution in [0.4, 0.5) is 4.39 Å². The van der Waals surface area contributed by atoms with Crippen LogP contribution in [0.1, 0.15) is 16.8 Å². The van der Waals surface area contributed by atoms with Gasteiger partial charge >= 0.3 is 11.8 Å². The number of hydrogen-bond acceptors (Lipinski definition) is 4. The first-order valence-electron chi connectivity index (χ1n) is 9.01. The standard InChI is InChI=1S/C22H19ClFN3O3/c1-30-18-8-6-15(20(24)19(18)14-3-2-4-16(23)10-14)9-13-5-7-17(26-11-13)12-27-22(29)21(25)28/h2-8,10-11H,9,12H2,1H3,(H2,25,28)(H,27,29). The fraction of sp³-hybridized carbons (Fsp3) is 0.136. The van der Waals surface area contributed by atoms with Gasteiger partial charge in [0, 0.05) is 17.6 Å². The third kappa shape index (κ3) is 4.93. The molecule has 0 atom stereocenters. The normalized spacial score (nSPS) is 10.5. The van der Waals surface area contributed by atoms with Crippen LogP contribution < -0.4 is 15.8 Å². The van der Waals surface area contributed by atoms with E-state index in [1.165, 1.54) is 7.11 Å². The van der Waals surface area contributed by atoms with Crippen LogP contribution >= 0.6 is 11.6 Å². The zero-order valence-corrected chi connectivity index (χ0v) is 16.9. The second-order valence-corrected chi connectivity index (χ2v) is 6.94. The molecule has 1 heterocycles. The number of ether oxygens (including phenoxy) is 1. The van der Waals surface area contributed by atoms with E-state index in [4.69, 9.17) is 22.1 Å². The van der Waals surface area contributed by atoms with E-state index in [1.54, 1.807) is 54.7 Å². The predicted molar refractivity (Wildman–Crippen MR) is 111 cm³/mol. The van der Waals surface area contributed by atoms with Gasteiger partial charge < -0.3 is 15.8 Å². The molecule has 0 radical (unpaired) electrons. The Hall–Kier alpha value is -3.45. The van der Waals surface area contributed by atoms with E-state index in [1.807, 2.05) is 0 Å². The molecule has 0 bridgehead atoms. The van der Waals surface area contributed by atoms with Crippen molar-refractivity contribution in [1.29, 1.82) is 0 Å². The fourth-order valence-corrected chi connectivity index (χ4v) is 3.15. The first kappa shape index (κ1) is 21.3. The van der Waals surface area contributed by atoms with E-state index in [0.29, 0.717) is 39.6 Å².